The fraction of sp³-hybridized carbons (Fsp3) is 0.696. The number of nitrogens with one attached hydrogen (secondary N) is 3. The van der Waals surface area contributed by atoms with E-state index in [1.165, 1.54) is 0 Å². The van der Waals surface area contributed by atoms with Crippen LogP contribution in [0.15, 0.2) is 24.3 Å². The van der Waals surface area contributed by atoms with Crippen molar-refractivity contribution in [1.82, 2.24) is 20.9 Å². The molecule has 1 aliphatic carbocycles. The number of para-hydroxylation sites is 1. The number of likely N-dealkylation sites (N-methyl/N-ethyl adjacent to an activating group) is 2. The highest BCUT2D eigenvalue weighted by molar-refractivity contribution is 7.18. The Balaban J connectivity index is 1.34. The first-order valence-corrected chi connectivity index (χ1v) is 12.6. The summed E-state index contributed by atoms with van der Waals surface area (Å²) in [6.45, 7) is 2.33. The molecule has 0 radical (unpaired) electrons. The Morgan fingerprint density at radius 1 is 1.18 bits per heavy atom. The maximum absolute atomic E-state index is 11.7. The molecule has 9 unspecified atom stereocenters. The van der Waals surface area contributed by atoms with Crippen molar-refractivity contribution < 1.29 is 29.5 Å². The van der Waals surface area contributed by atoms with E-state index in [-0.39, 0.29) is 25.1 Å². The Morgan fingerprint density at radius 2 is 1.97 bits per heavy atom. The number of aromatic nitrogens is 1. The van der Waals surface area contributed by atoms with Gasteiger partial charge in [-0.1, -0.05) is 12.1 Å². The Morgan fingerprint density at radius 3 is 2.71 bits per heavy atom. The number of aliphatic hydroxyl groups excluding tert-OH is 1. The number of hydrogen-bond donors (Lipinski definition) is 6. The standard InChI is InChI=1S/C23H34N4O6S/c1-12-9-22(29,11-26-10-17-27-13-6-4-5-7-16(13)34-17)23(30)21(31-12)32-15-8-14(24-2)19(28)18(25-3)20(15)33-23/h4-7,12,14-15,18-21,24-26,28-30H,8-11H2,1-3H3. The first-order chi connectivity index (χ1) is 16.3. The average molecular weight is 495 g/mol. The predicted octanol–water partition coefficient (Wildman–Crippen LogP) is -0.335. The second kappa shape index (κ2) is 9.32. The molecule has 3 fully saturated rings. The van der Waals surface area contributed by atoms with Crippen LogP contribution in [-0.2, 0) is 20.8 Å². The first-order valence-electron chi connectivity index (χ1n) is 11.8. The molecule has 10 nitrogen and oxygen atoms in total. The first kappa shape index (κ1) is 24.4. The van der Waals surface area contributed by atoms with Crippen molar-refractivity contribution in [2.45, 2.75) is 80.5 Å². The smallest absolute Gasteiger partial charge is 0.249 e. The molecule has 34 heavy (non-hydrogen) atoms. The molecule has 2 aromatic rings. The number of aliphatic hydroxyl groups is 3. The highest BCUT2D eigenvalue weighted by Gasteiger charge is 2.67. The van der Waals surface area contributed by atoms with Crippen LogP contribution in [0, 0.1) is 0 Å². The van der Waals surface area contributed by atoms with Crippen LogP contribution in [0.3, 0.4) is 0 Å². The topological polar surface area (TPSA) is 137 Å². The van der Waals surface area contributed by atoms with E-state index in [0.717, 1.165) is 15.2 Å². The molecule has 1 aromatic carbocycles. The van der Waals surface area contributed by atoms with E-state index in [4.69, 9.17) is 14.2 Å². The van der Waals surface area contributed by atoms with Gasteiger partial charge in [0.15, 0.2) is 0 Å². The maximum Gasteiger partial charge on any atom is 0.249 e. The fourth-order valence-corrected chi connectivity index (χ4v) is 6.46. The molecule has 2 aliphatic heterocycles. The van der Waals surface area contributed by atoms with E-state index in [9.17, 15) is 15.3 Å². The zero-order valence-electron chi connectivity index (χ0n) is 19.6. The van der Waals surface area contributed by atoms with Crippen molar-refractivity contribution in [3.05, 3.63) is 29.3 Å². The second-order valence-electron chi connectivity index (χ2n) is 9.58. The number of hydrogen-bond acceptors (Lipinski definition) is 11. The Hall–Kier alpha value is -1.25. The third-order valence-electron chi connectivity index (χ3n) is 7.30. The zero-order chi connectivity index (χ0) is 24.1. The van der Waals surface area contributed by atoms with Crippen molar-refractivity contribution in [2.24, 2.45) is 0 Å². The lowest BCUT2D eigenvalue weighted by Crippen LogP contribution is -2.79. The third-order valence-corrected chi connectivity index (χ3v) is 8.34. The van der Waals surface area contributed by atoms with E-state index >= 15 is 0 Å². The van der Waals surface area contributed by atoms with Crippen molar-refractivity contribution in [1.29, 1.82) is 0 Å². The second-order valence-corrected chi connectivity index (χ2v) is 10.7. The Bertz CT molecular complexity index is 978. The summed E-state index contributed by atoms with van der Waals surface area (Å²) < 4.78 is 19.4. The molecular weight excluding hydrogens is 460 g/mol. The summed E-state index contributed by atoms with van der Waals surface area (Å²) in [5.41, 5.74) is -0.745. The van der Waals surface area contributed by atoms with Crippen LogP contribution >= 0.6 is 11.3 Å². The minimum absolute atomic E-state index is 0.0519. The maximum atomic E-state index is 11.7. The molecule has 0 spiro atoms. The van der Waals surface area contributed by atoms with E-state index in [1.807, 2.05) is 31.2 Å². The molecule has 1 saturated carbocycles. The number of nitrogens with zero attached hydrogens (tertiary/aromatic N) is 1. The van der Waals surface area contributed by atoms with Crippen LogP contribution in [0.5, 0.6) is 0 Å². The molecule has 3 aliphatic rings. The molecule has 6 N–H and O–H groups in total. The number of ether oxygens (including phenoxy) is 3. The molecule has 9 atom stereocenters. The van der Waals surface area contributed by atoms with E-state index in [2.05, 4.69) is 20.9 Å². The Labute approximate surface area is 202 Å². The Kier molecular flexibility index (Phi) is 6.70. The minimum Gasteiger partial charge on any atom is -0.390 e. The molecule has 188 valence electrons. The van der Waals surface area contributed by atoms with Gasteiger partial charge in [-0.15, -0.1) is 11.3 Å². The van der Waals surface area contributed by atoms with Crippen molar-refractivity contribution in [2.75, 3.05) is 20.6 Å². The van der Waals surface area contributed by atoms with Gasteiger partial charge >= 0.3 is 0 Å². The van der Waals surface area contributed by atoms with Gasteiger partial charge in [-0.3, -0.25) is 0 Å². The van der Waals surface area contributed by atoms with Gasteiger partial charge in [-0.05, 0) is 39.6 Å². The summed E-state index contributed by atoms with van der Waals surface area (Å²) in [5, 5.41) is 44.6. The van der Waals surface area contributed by atoms with Crippen molar-refractivity contribution >= 4 is 21.6 Å². The minimum atomic E-state index is -2.11. The monoisotopic (exact) mass is 494 g/mol. The summed E-state index contributed by atoms with van der Waals surface area (Å²) in [6, 6.07) is 7.22. The summed E-state index contributed by atoms with van der Waals surface area (Å²) in [6.07, 6.45) is -2.72. The lowest BCUT2D eigenvalue weighted by Gasteiger charge is -2.59. The largest absolute Gasteiger partial charge is 0.390 e. The van der Waals surface area contributed by atoms with Gasteiger partial charge in [0.2, 0.25) is 12.1 Å². The normalized spacial score (nSPS) is 42.4. The van der Waals surface area contributed by atoms with E-state index < -0.39 is 42.0 Å². The van der Waals surface area contributed by atoms with Gasteiger partial charge in [-0.2, -0.15) is 0 Å². The van der Waals surface area contributed by atoms with Gasteiger partial charge < -0.3 is 45.5 Å². The number of rotatable bonds is 6. The summed E-state index contributed by atoms with van der Waals surface area (Å²) in [7, 11) is 3.52. The van der Waals surface area contributed by atoms with Gasteiger partial charge in [0.25, 0.3) is 0 Å². The third kappa shape index (κ3) is 4.07. The zero-order valence-corrected chi connectivity index (χ0v) is 20.4. The van der Waals surface area contributed by atoms with Crippen LogP contribution in [0.2, 0.25) is 0 Å². The highest BCUT2D eigenvalue weighted by atomic mass is 32.1. The lowest BCUT2D eigenvalue weighted by atomic mass is 9.79. The highest BCUT2D eigenvalue weighted by Crippen LogP contribution is 2.46. The molecule has 5 rings (SSSR count). The molecule has 1 aromatic heterocycles. The van der Waals surface area contributed by atoms with Gasteiger partial charge in [0.05, 0.1) is 34.6 Å². The van der Waals surface area contributed by atoms with Crippen LogP contribution in [-0.4, -0.2) is 95.1 Å². The van der Waals surface area contributed by atoms with Gasteiger partial charge in [0, 0.05) is 25.6 Å². The number of fused-ring (bicyclic) bond motifs is 3. The van der Waals surface area contributed by atoms with Crippen LogP contribution < -0.4 is 16.0 Å². The quantitative estimate of drug-likeness (QED) is 0.317. The molecular formula is C23H34N4O6S. The molecule has 2 saturated heterocycles. The summed E-state index contributed by atoms with van der Waals surface area (Å²) in [5.74, 6) is -2.11. The lowest BCUT2D eigenvalue weighted by molar-refractivity contribution is -0.477. The summed E-state index contributed by atoms with van der Waals surface area (Å²) >= 11 is 1.59. The van der Waals surface area contributed by atoms with E-state index in [0.29, 0.717) is 13.0 Å². The molecule has 11 heteroatoms. The molecule has 0 bridgehead atoms. The van der Waals surface area contributed by atoms with Crippen molar-refractivity contribution in [3.63, 3.8) is 0 Å². The van der Waals surface area contributed by atoms with Crippen LogP contribution in [0.4, 0.5) is 0 Å². The number of benzene rings is 1. The summed E-state index contributed by atoms with van der Waals surface area (Å²) in [4.78, 5) is 4.62. The molecule has 3 heterocycles. The molecule has 0 amide bonds. The average Bonchev–Trinajstić information content (AvgIpc) is 3.21. The van der Waals surface area contributed by atoms with Crippen LogP contribution in [0.25, 0.3) is 10.2 Å². The SMILES string of the molecule is CNC1CC2OC3OC(C)CC(O)(CNCc4nc5ccccc5s4)C3(O)OC2C(NC)C1O. The van der Waals surface area contributed by atoms with Crippen LogP contribution in [0.1, 0.15) is 24.8 Å². The predicted molar refractivity (Wildman–Crippen MR) is 126 cm³/mol. The van der Waals surface area contributed by atoms with Gasteiger partial charge in [0.1, 0.15) is 16.7 Å². The van der Waals surface area contributed by atoms with E-state index in [1.54, 1.807) is 25.4 Å². The fourth-order valence-electron chi connectivity index (χ4n) is 5.52. The number of thiazole rings is 1. The van der Waals surface area contributed by atoms with Crippen molar-refractivity contribution in [3.8, 4) is 0 Å². The van der Waals surface area contributed by atoms with Gasteiger partial charge in [-0.25, -0.2) is 4.98 Å².